The molecule has 1 aromatic carbocycles. The molecule has 0 spiro atoms. The second-order valence-corrected chi connectivity index (χ2v) is 9.77. The van der Waals surface area contributed by atoms with Gasteiger partial charge in [0.15, 0.2) is 6.10 Å². The Morgan fingerprint density at radius 1 is 1.10 bits per heavy atom. The van der Waals surface area contributed by atoms with E-state index in [-0.39, 0.29) is 28.2 Å². The average Bonchev–Trinajstić information content (AvgIpc) is 3.27. The van der Waals surface area contributed by atoms with Gasteiger partial charge in [-0.2, -0.15) is 4.31 Å². The van der Waals surface area contributed by atoms with Crippen molar-refractivity contribution in [2.45, 2.75) is 63.0 Å². The predicted molar refractivity (Wildman–Crippen MR) is 111 cm³/mol. The van der Waals surface area contributed by atoms with Crippen LogP contribution in [0.4, 0.5) is 0 Å². The molecule has 3 rings (SSSR count). The molecule has 2 saturated heterocycles. The van der Waals surface area contributed by atoms with Crippen molar-refractivity contribution in [3.8, 4) is 5.75 Å². The summed E-state index contributed by atoms with van der Waals surface area (Å²) in [6.07, 6.45) is 3.53. The molecule has 2 atom stereocenters. The van der Waals surface area contributed by atoms with Crippen LogP contribution in [0.5, 0.6) is 5.75 Å². The molecular formula is C21H30N2O6S. The van der Waals surface area contributed by atoms with Gasteiger partial charge in [0.05, 0.1) is 12.7 Å². The maximum absolute atomic E-state index is 13.3. The van der Waals surface area contributed by atoms with E-state index in [1.165, 1.54) is 36.5 Å². The Morgan fingerprint density at radius 2 is 1.77 bits per heavy atom. The highest BCUT2D eigenvalue weighted by Gasteiger charge is 2.34. The number of amides is 1. The minimum atomic E-state index is -3.84. The molecule has 1 aromatic rings. The fourth-order valence-corrected chi connectivity index (χ4v) is 5.92. The van der Waals surface area contributed by atoms with Gasteiger partial charge in [0, 0.05) is 25.7 Å². The highest BCUT2D eigenvalue weighted by atomic mass is 32.2. The molecule has 2 aliphatic heterocycles. The van der Waals surface area contributed by atoms with Crippen LogP contribution in [0.1, 0.15) is 56.3 Å². The maximum atomic E-state index is 13.3. The van der Waals surface area contributed by atoms with Crippen LogP contribution < -0.4 is 4.74 Å². The van der Waals surface area contributed by atoms with Gasteiger partial charge in [-0.3, -0.25) is 4.79 Å². The summed E-state index contributed by atoms with van der Waals surface area (Å²) < 4.78 is 38.6. The van der Waals surface area contributed by atoms with E-state index in [9.17, 15) is 18.0 Å². The smallest absolute Gasteiger partial charge is 0.338 e. The molecule has 0 bridgehead atoms. The Bertz CT molecular complexity index is 895. The number of carbonyl (C=O) groups is 2. The van der Waals surface area contributed by atoms with Gasteiger partial charge in [0.25, 0.3) is 5.91 Å². The lowest BCUT2D eigenvalue weighted by Gasteiger charge is -2.32. The average molecular weight is 439 g/mol. The minimum Gasteiger partial charge on any atom is -0.495 e. The lowest BCUT2D eigenvalue weighted by Crippen LogP contribution is -2.42. The summed E-state index contributed by atoms with van der Waals surface area (Å²) in [6, 6.07) is 4.06. The number of methoxy groups -OCH3 is 1. The lowest BCUT2D eigenvalue weighted by atomic mass is 10.1. The summed E-state index contributed by atoms with van der Waals surface area (Å²) in [5.74, 6) is -0.796. The van der Waals surface area contributed by atoms with Gasteiger partial charge in [0.2, 0.25) is 10.0 Å². The van der Waals surface area contributed by atoms with Crippen LogP contribution in [0.25, 0.3) is 0 Å². The quantitative estimate of drug-likeness (QED) is 0.634. The maximum Gasteiger partial charge on any atom is 0.338 e. The first-order valence-corrected chi connectivity index (χ1v) is 11.9. The summed E-state index contributed by atoms with van der Waals surface area (Å²) in [7, 11) is -2.45. The standard InChI is InChI=1S/C21H30N2O6S/c1-15-8-4-5-13-23(15)30(26,27)19-14-17(9-10-18(19)28-3)21(25)29-16(2)20(24)22-11-6-7-12-22/h9-10,14-16H,4-8,11-13H2,1-3H3/t15-,16-/m0/s1. The van der Waals surface area contributed by atoms with E-state index in [1.54, 1.807) is 4.90 Å². The summed E-state index contributed by atoms with van der Waals surface area (Å²) in [5.41, 5.74) is 0.0695. The molecule has 0 radical (unpaired) electrons. The summed E-state index contributed by atoms with van der Waals surface area (Å²) in [4.78, 5) is 26.7. The number of nitrogens with zero attached hydrogens (tertiary/aromatic N) is 2. The SMILES string of the molecule is COc1ccc(C(=O)O[C@@H](C)C(=O)N2CCCC2)cc1S(=O)(=O)N1CCCC[C@@H]1C. The molecule has 2 aliphatic rings. The molecule has 0 N–H and O–H groups in total. The zero-order valence-corrected chi connectivity index (χ0v) is 18.6. The van der Waals surface area contributed by atoms with E-state index in [0.29, 0.717) is 19.6 Å². The zero-order valence-electron chi connectivity index (χ0n) is 17.8. The summed E-state index contributed by atoms with van der Waals surface area (Å²) in [6.45, 7) is 5.18. The molecule has 2 fully saturated rings. The Kier molecular flexibility index (Phi) is 7.02. The molecule has 0 unspecified atom stereocenters. The first kappa shape index (κ1) is 22.6. The van der Waals surface area contributed by atoms with Gasteiger partial charge >= 0.3 is 5.97 Å². The highest BCUT2D eigenvalue weighted by Crippen LogP contribution is 2.32. The molecular weight excluding hydrogens is 408 g/mol. The number of likely N-dealkylation sites (tertiary alicyclic amines) is 1. The number of rotatable bonds is 6. The number of carbonyl (C=O) groups excluding carboxylic acids is 2. The Balaban J connectivity index is 1.83. The van der Waals surface area contributed by atoms with Crippen molar-refractivity contribution in [2.24, 2.45) is 0 Å². The third-order valence-electron chi connectivity index (χ3n) is 5.78. The summed E-state index contributed by atoms with van der Waals surface area (Å²) in [5, 5.41) is 0. The van der Waals surface area contributed by atoms with Crippen molar-refractivity contribution in [3.63, 3.8) is 0 Å². The van der Waals surface area contributed by atoms with Crippen LogP contribution in [-0.2, 0) is 19.6 Å². The van der Waals surface area contributed by atoms with Crippen LogP contribution in [0.15, 0.2) is 23.1 Å². The molecule has 166 valence electrons. The van der Waals surface area contributed by atoms with E-state index < -0.39 is 22.1 Å². The van der Waals surface area contributed by atoms with Gasteiger partial charge in [0.1, 0.15) is 10.6 Å². The fraction of sp³-hybridized carbons (Fsp3) is 0.619. The number of ether oxygens (including phenoxy) is 2. The van der Waals surface area contributed by atoms with Crippen LogP contribution in [-0.4, -0.2) is 68.4 Å². The largest absolute Gasteiger partial charge is 0.495 e. The first-order chi connectivity index (χ1) is 14.3. The summed E-state index contributed by atoms with van der Waals surface area (Å²) >= 11 is 0. The van der Waals surface area contributed by atoms with Gasteiger partial charge in [-0.05, 0) is 57.7 Å². The first-order valence-electron chi connectivity index (χ1n) is 10.5. The second kappa shape index (κ2) is 9.34. The fourth-order valence-electron chi connectivity index (χ4n) is 4.03. The van der Waals surface area contributed by atoms with Gasteiger partial charge in [-0.1, -0.05) is 6.42 Å². The minimum absolute atomic E-state index is 0.0632. The van der Waals surface area contributed by atoms with Crippen molar-refractivity contribution in [2.75, 3.05) is 26.7 Å². The van der Waals surface area contributed by atoms with Crippen molar-refractivity contribution in [3.05, 3.63) is 23.8 Å². The monoisotopic (exact) mass is 438 g/mol. The number of hydrogen-bond donors (Lipinski definition) is 0. The van der Waals surface area contributed by atoms with Crippen LogP contribution >= 0.6 is 0 Å². The molecule has 0 saturated carbocycles. The van der Waals surface area contributed by atoms with Crippen LogP contribution in [0, 0.1) is 0 Å². The molecule has 8 nitrogen and oxygen atoms in total. The Morgan fingerprint density at radius 3 is 2.40 bits per heavy atom. The number of sulfonamides is 1. The van der Waals surface area contributed by atoms with Crippen molar-refractivity contribution < 1.29 is 27.5 Å². The second-order valence-electron chi connectivity index (χ2n) is 7.91. The van der Waals surface area contributed by atoms with E-state index in [2.05, 4.69) is 0 Å². The molecule has 1 amide bonds. The molecule has 0 aromatic heterocycles. The molecule has 0 aliphatic carbocycles. The number of esters is 1. The third kappa shape index (κ3) is 4.62. The van der Waals surface area contributed by atoms with Crippen LogP contribution in [0.2, 0.25) is 0 Å². The number of hydrogen-bond acceptors (Lipinski definition) is 6. The lowest BCUT2D eigenvalue weighted by molar-refractivity contribution is -0.138. The van der Waals surface area contributed by atoms with Gasteiger partial charge in [-0.15, -0.1) is 0 Å². The van der Waals surface area contributed by atoms with E-state index in [1.807, 2.05) is 6.92 Å². The highest BCUT2D eigenvalue weighted by molar-refractivity contribution is 7.89. The van der Waals surface area contributed by atoms with E-state index >= 15 is 0 Å². The predicted octanol–water partition coefficient (Wildman–Crippen LogP) is 2.43. The van der Waals surface area contributed by atoms with Gasteiger partial charge < -0.3 is 14.4 Å². The Labute approximate surface area is 178 Å². The van der Waals surface area contributed by atoms with Crippen molar-refractivity contribution in [1.82, 2.24) is 9.21 Å². The molecule has 9 heteroatoms. The number of piperidine rings is 1. The van der Waals surface area contributed by atoms with Crippen molar-refractivity contribution >= 4 is 21.9 Å². The molecule has 30 heavy (non-hydrogen) atoms. The zero-order chi connectivity index (χ0) is 21.9. The van der Waals surface area contributed by atoms with Crippen LogP contribution in [0.3, 0.4) is 0 Å². The normalized spacial score (nSPS) is 21.3. The van der Waals surface area contributed by atoms with E-state index in [4.69, 9.17) is 9.47 Å². The number of benzene rings is 1. The van der Waals surface area contributed by atoms with Gasteiger partial charge in [-0.25, -0.2) is 13.2 Å². The topological polar surface area (TPSA) is 93.2 Å². The third-order valence-corrected chi connectivity index (χ3v) is 7.81. The van der Waals surface area contributed by atoms with E-state index in [0.717, 1.165) is 32.1 Å². The van der Waals surface area contributed by atoms with Crippen molar-refractivity contribution in [1.29, 1.82) is 0 Å². The Hall–Kier alpha value is -2.13. The molecule has 2 heterocycles.